The third kappa shape index (κ3) is 3.50. The van der Waals surface area contributed by atoms with Crippen molar-refractivity contribution in [3.8, 4) is 22.4 Å². The molecule has 2 amide bonds. The maximum atomic E-state index is 15.8. The van der Waals surface area contributed by atoms with Gasteiger partial charge in [0.1, 0.15) is 0 Å². The zero-order valence-electron chi connectivity index (χ0n) is 19.0. The number of piperidine rings is 1. The van der Waals surface area contributed by atoms with Crippen molar-refractivity contribution in [2.45, 2.75) is 32.1 Å². The Bertz CT molecular complexity index is 1400. The van der Waals surface area contributed by atoms with Gasteiger partial charge in [-0.3, -0.25) is 0 Å². The van der Waals surface area contributed by atoms with Gasteiger partial charge in [-0.1, -0.05) is 30.3 Å². The Morgan fingerprint density at radius 2 is 1.71 bits per heavy atom. The smallest absolute Gasteiger partial charge is 0.316 e. The van der Waals surface area contributed by atoms with Crippen LogP contribution in [-0.2, 0) is 12.8 Å². The molecule has 0 atom stereocenters. The number of nitrogens with one attached hydrogen (secondary N) is 2. The minimum atomic E-state index is -0.583. The normalized spacial score (nSPS) is 15.1. The summed E-state index contributed by atoms with van der Waals surface area (Å²) in [6.45, 7) is 2.19. The molecule has 6 heteroatoms. The molecule has 0 bridgehead atoms. The van der Waals surface area contributed by atoms with Crippen molar-refractivity contribution in [3.63, 3.8) is 0 Å². The average Bonchev–Trinajstić information content (AvgIpc) is 3.24. The standard InChI is InChI=1S/C28H27FN4O/c29-25-21(17-4-8-20(9-5-17)33-14-2-1-3-15-33)12-13-24-23-10-6-18-16-19(31-28(30)34)7-11-22(18)26(23)32-27(24)25/h4-5,7-9,11-13,16,32H,1-3,6,10,14-15H2,(H3,30,31,34). The summed E-state index contributed by atoms with van der Waals surface area (Å²) in [5.41, 5.74) is 13.4. The van der Waals surface area contributed by atoms with E-state index in [0.717, 1.165) is 59.3 Å². The van der Waals surface area contributed by atoms with Gasteiger partial charge in [-0.15, -0.1) is 0 Å². The monoisotopic (exact) mass is 454 g/mol. The van der Waals surface area contributed by atoms with E-state index in [4.69, 9.17) is 5.73 Å². The average molecular weight is 455 g/mol. The minimum Gasteiger partial charge on any atom is -0.372 e. The lowest BCUT2D eigenvalue weighted by Crippen LogP contribution is -2.29. The Balaban J connectivity index is 1.36. The molecule has 4 aromatic rings. The van der Waals surface area contributed by atoms with Crippen LogP contribution in [0.5, 0.6) is 0 Å². The van der Waals surface area contributed by atoms with E-state index in [1.165, 1.54) is 24.9 Å². The molecule has 5 nitrogen and oxygen atoms in total. The molecule has 1 saturated heterocycles. The van der Waals surface area contributed by atoms with Gasteiger partial charge in [-0.25, -0.2) is 9.18 Å². The van der Waals surface area contributed by atoms with E-state index in [-0.39, 0.29) is 5.82 Å². The quantitative estimate of drug-likeness (QED) is 0.344. The molecule has 1 fully saturated rings. The molecule has 2 aliphatic rings. The number of halogens is 1. The molecule has 34 heavy (non-hydrogen) atoms. The number of nitrogens with two attached hydrogens (primary N) is 1. The fourth-order valence-electron chi connectivity index (χ4n) is 5.53. The molecule has 4 N–H and O–H groups in total. The van der Waals surface area contributed by atoms with Gasteiger partial charge in [0, 0.05) is 41.0 Å². The summed E-state index contributed by atoms with van der Waals surface area (Å²) >= 11 is 0. The molecule has 0 radical (unpaired) electrons. The number of hydrogen-bond acceptors (Lipinski definition) is 2. The summed E-state index contributed by atoms with van der Waals surface area (Å²) < 4.78 is 15.8. The minimum absolute atomic E-state index is 0.216. The van der Waals surface area contributed by atoms with E-state index in [0.29, 0.717) is 16.8 Å². The molecule has 0 unspecified atom stereocenters. The second-order valence-corrected chi connectivity index (χ2v) is 9.28. The second kappa shape index (κ2) is 8.20. The predicted molar refractivity (Wildman–Crippen MR) is 136 cm³/mol. The van der Waals surface area contributed by atoms with Gasteiger partial charge < -0.3 is 20.9 Å². The molecular formula is C28H27FN4O. The van der Waals surface area contributed by atoms with E-state index in [2.05, 4.69) is 27.3 Å². The van der Waals surface area contributed by atoms with Gasteiger partial charge in [0.2, 0.25) is 0 Å². The maximum Gasteiger partial charge on any atom is 0.316 e. The van der Waals surface area contributed by atoms with E-state index < -0.39 is 6.03 Å². The van der Waals surface area contributed by atoms with Crippen molar-refractivity contribution < 1.29 is 9.18 Å². The van der Waals surface area contributed by atoms with Crippen LogP contribution in [0.15, 0.2) is 54.6 Å². The van der Waals surface area contributed by atoms with Crippen molar-refractivity contribution >= 4 is 28.3 Å². The Kier molecular flexibility index (Phi) is 5.01. The summed E-state index contributed by atoms with van der Waals surface area (Å²) in [7, 11) is 0. The molecule has 6 rings (SSSR count). The first-order valence-corrected chi connectivity index (χ1v) is 12.0. The number of aromatic nitrogens is 1. The first kappa shape index (κ1) is 20.8. The number of anilines is 2. The summed E-state index contributed by atoms with van der Waals surface area (Å²) in [5.74, 6) is -0.216. The number of hydrogen-bond donors (Lipinski definition) is 3. The Morgan fingerprint density at radius 1 is 0.941 bits per heavy atom. The summed E-state index contributed by atoms with van der Waals surface area (Å²) in [6, 6.07) is 17.4. The molecule has 2 heterocycles. The molecule has 1 aliphatic carbocycles. The van der Waals surface area contributed by atoms with Crippen LogP contribution in [0.4, 0.5) is 20.6 Å². The zero-order valence-corrected chi connectivity index (χ0v) is 19.0. The molecular weight excluding hydrogens is 427 g/mol. The Hall–Kier alpha value is -3.80. The van der Waals surface area contributed by atoms with Gasteiger partial charge in [-0.05, 0) is 73.1 Å². The van der Waals surface area contributed by atoms with Crippen LogP contribution in [0.1, 0.15) is 30.4 Å². The van der Waals surface area contributed by atoms with E-state index in [1.54, 1.807) is 0 Å². The van der Waals surface area contributed by atoms with Crippen LogP contribution >= 0.6 is 0 Å². The van der Waals surface area contributed by atoms with Crippen LogP contribution in [0, 0.1) is 5.82 Å². The maximum absolute atomic E-state index is 15.8. The highest BCUT2D eigenvalue weighted by molar-refractivity contribution is 5.96. The lowest BCUT2D eigenvalue weighted by atomic mass is 9.88. The highest BCUT2D eigenvalue weighted by Gasteiger charge is 2.23. The molecule has 1 aromatic heterocycles. The van der Waals surface area contributed by atoms with Crippen LogP contribution in [0.25, 0.3) is 33.3 Å². The number of aryl methyl sites for hydroxylation is 2. The van der Waals surface area contributed by atoms with Gasteiger partial charge in [0.05, 0.1) is 11.2 Å². The fourth-order valence-corrected chi connectivity index (χ4v) is 5.53. The first-order valence-electron chi connectivity index (χ1n) is 12.0. The fraction of sp³-hybridized carbons (Fsp3) is 0.250. The number of rotatable bonds is 3. The van der Waals surface area contributed by atoms with Crippen LogP contribution in [0.3, 0.4) is 0 Å². The van der Waals surface area contributed by atoms with Crippen LogP contribution in [-0.4, -0.2) is 24.1 Å². The van der Waals surface area contributed by atoms with Crippen molar-refractivity contribution in [1.82, 2.24) is 4.98 Å². The van der Waals surface area contributed by atoms with Crippen molar-refractivity contribution in [3.05, 3.63) is 71.5 Å². The highest BCUT2D eigenvalue weighted by atomic mass is 19.1. The third-order valence-electron chi connectivity index (χ3n) is 7.20. The lowest BCUT2D eigenvalue weighted by Gasteiger charge is -2.28. The van der Waals surface area contributed by atoms with Gasteiger partial charge >= 0.3 is 6.03 Å². The number of aromatic amines is 1. The Labute approximate surface area is 197 Å². The predicted octanol–water partition coefficient (Wildman–Crippen LogP) is 6.22. The summed E-state index contributed by atoms with van der Waals surface area (Å²) in [6.07, 6.45) is 5.40. The highest BCUT2D eigenvalue weighted by Crippen LogP contribution is 2.41. The SMILES string of the molecule is NC(=O)Nc1ccc2c(c1)CCc1c-2[nH]c2c(F)c(-c3ccc(N4CCCCC4)cc3)ccc12. The van der Waals surface area contributed by atoms with Crippen LogP contribution in [0.2, 0.25) is 0 Å². The number of nitrogens with zero attached hydrogens (tertiary/aromatic N) is 1. The number of H-pyrrole nitrogens is 1. The second-order valence-electron chi connectivity index (χ2n) is 9.28. The molecule has 0 saturated carbocycles. The summed E-state index contributed by atoms with van der Waals surface area (Å²) in [5, 5.41) is 3.57. The zero-order chi connectivity index (χ0) is 23.2. The molecule has 1 aliphatic heterocycles. The van der Waals surface area contributed by atoms with E-state index >= 15 is 4.39 Å². The topological polar surface area (TPSA) is 74.1 Å². The number of amides is 2. The van der Waals surface area contributed by atoms with E-state index in [9.17, 15) is 4.79 Å². The number of primary amides is 1. The van der Waals surface area contributed by atoms with Gasteiger partial charge in [0.15, 0.2) is 5.82 Å². The Morgan fingerprint density at radius 3 is 2.47 bits per heavy atom. The van der Waals surface area contributed by atoms with Gasteiger partial charge in [0.25, 0.3) is 0 Å². The van der Waals surface area contributed by atoms with Crippen molar-refractivity contribution in [2.75, 3.05) is 23.3 Å². The van der Waals surface area contributed by atoms with Crippen molar-refractivity contribution in [1.29, 1.82) is 0 Å². The van der Waals surface area contributed by atoms with Gasteiger partial charge in [-0.2, -0.15) is 0 Å². The van der Waals surface area contributed by atoms with E-state index in [1.807, 2.05) is 42.5 Å². The molecule has 172 valence electrons. The summed E-state index contributed by atoms with van der Waals surface area (Å²) in [4.78, 5) is 17.0. The number of urea groups is 1. The number of benzene rings is 3. The third-order valence-corrected chi connectivity index (χ3v) is 7.20. The van der Waals surface area contributed by atoms with Crippen LogP contribution < -0.4 is 16.0 Å². The number of carbonyl (C=O) groups excluding carboxylic acids is 1. The lowest BCUT2D eigenvalue weighted by molar-refractivity contribution is 0.259. The largest absolute Gasteiger partial charge is 0.372 e. The molecule has 0 spiro atoms. The number of carbonyl (C=O) groups is 1. The van der Waals surface area contributed by atoms with Crippen molar-refractivity contribution in [2.24, 2.45) is 5.73 Å². The number of fused-ring (bicyclic) bond motifs is 5. The molecule has 3 aromatic carbocycles. The first-order chi connectivity index (χ1) is 16.6.